The third-order valence-electron chi connectivity index (χ3n) is 3.76. The van der Waals surface area contributed by atoms with Crippen molar-refractivity contribution in [3.8, 4) is 5.88 Å². The van der Waals surface area contributed by atoms with Gasteiger partial charge in [0.1, 0.15) is 12.4 Å². The Labute approximate surface area is 131 Å². The molecule has 8 heteroatoms. The Hall–Kier alpha value is -2.09. The van der Waals surface area contributed by atoms with Crippen LogP contribution in [0.25, 0.3) is 0 Å². The highest BCUT2D eigenvalue weighted by molar-refractivity contribution is 5.20. The number of aromatic nitrogens is 2. The lowest BCUT2D eigenvalue weighted by Gasteiger charge is -2.31. The molecule has 3 rings (SSSR count). The van der Waals surface area contributed by atoms with Crippen LogP contribution in [0.3, 0.4) is 0 Å². The van der Waals surface area contributed by atoms with Gasteiger partial charge in [-0.3, -0.25) is 4.90 Å². The maximum absolute atomic E-state index is 12.5. The summed E-state index contributed by atoms with van der Waals surface area (Å²) < 4.78 is 47.9. The van der Waals surface area contributed by atoms with Crippen LogP contribution in [-0.2, 0) is 12.7 Å². The van der Waals surface area contributed by atoms with E-state index in [1.165, 1.54) is 6.07 Å². The van der Waals surface area contributed by atoms with E-state index in [4.69, 9.17) is 9.26 Å². The lowest BCUT2D eigenvalue weighted by Crippen LogP contribution is -2.38. The first-order valence-electron chi connectivity index (χ1n) is 7.32. The molecular formula is C15H16F3N3O2. The summed E-state index contributed by atoms with van der Waals surface area (Å²) in [5, 5.41) is 3.88. The zero-order valence-electron chi connectivity index (χ0n) is 12.3. The number of alkyl halides is 3. The van der Waals surface area contributed by atoms with Gasteiger partial charge in [-0.2, -0.15) is 13.2 Å². The van der Waals surface area contributed by atoms with E-state index in [-0.39, 0.29) is 12.0 Å². The number of nitrogens with zero attached hydrogens (tertiary/aromatic N) is 3. The minimum Gasteiger partial charge on any atom is -0.474 e. The van der Waals surface area contributed by atoms with Gasteiger partial charge in [0.05, 0.1) is 11.3 Å². The van der Waals surface area contributed by atoms with Crippen molar-refractivity contribution < 1.29 is 22.4 Å². The Morgan fingerprint density at radius 2 is 2.00 bits per heavy atom. The second-order valence-corrected chi connectivity index (χ2v) is 5.47. The number of hydrogen-bond donors (Lipinski definition) is 0. The van der Waals surface area contributed by atoms with Crippen molar-refractivity contribution in [2.45, 2.75) is 31.7 Å². The number of pyridine rings is 1. The Kier molecular flexibility index (Phi) is 4.51. The molecular weight excluding hydrogens is 311 g/mol. The van der Waals surface area contributed by atoms with Crippen molar-refractivity contribution in [1.82, 2.24) is 15.0 Å². The smallest absolute Gasteiger partial charge is 0.417 e. The van der Waals surface area contributed by atoms with Crippen LogP contribution in [0.2, 0.25) is 0 Å². The third kappa shape index (κ3) is 4.22. The zero-order valence-corrected chi connectivity index (χ0v) is 12.3. The predicted molar refractivity (Wildman–Crippen MR) is 74.7 cm³/mol. The van der Waals surface area contributed by atoms with Crippen LogP contribution >= 0.6 is 0 Å². The molecule has 2 aromatic rings. The molecule has 2 aromatic heterocycles. The maximum Gasteiger partial charge on any atom is 0.417 e. The Morgan fingerprint density at radius 3 is 2.57 bits per heavy atom. The van der Waals surface area contributed by atoms with E-state index in [1.54, 1.807) is 6.26 Å². The van der Waals surface area contributed by atoms with Gasteiger partial charge >= 0.3 is 6.18 Å². The van der Waals surface area contributed by atoms with Crippen molar-refractivity contribution in [1.29, 1.82) is 0 Å². The highest BCUT2D eigenvalue weighted by atomic mass is 19.4. The van der Waals surface area contributed by atoms with Crippen LogP contribution in [-0.4, -0.2) is 34.2 Å². The molecule has 1 fully saturated rings. The van der Waals surface area contributed by atoms with Crippen LogP contribution in [0.5, 0.6) is 5.88 Å². The van der Waals surface area contributed by atoms with E-state index in [1.807, 2.05) is 6.07 Å². The van der Waals surface area contributed by atoms with E-state index >= 15 is 0 Å². The normalized spacial score (nSPS) is 17.3. The zero-order chi connectivity index (χ0) is 16.3. The fraction of sp³-hybridized carbons (Fsp3) is 0.467. The van der Waals surface area contributed by atoms with Gasteiger partial charge in [0.15, 0.2) is 0 Å². The topological polar surface area (TPSA) is 51.4 Å². The van der Waals surface area contributed by atoms with Gasteiger partial charge in [-0.1, -0.05) is 5.16 Å². The lowest BCUT2D eigenvalue weighted by atomic mass is 10.1. The molecule has 1 aliphatic heterocycles. The first kappa shape index (κ1) is 15.8. The number of halogens is 3. The first-order valence-corrected chi connectivity index (χ1v) is 7.32. The Balaban J connectivity index is 1.48. The van der Waals surface area contributed by atoms with Gasteiger partial charge in [0.2, 0.25) is 5.88 Å². The molecule has 0 atom stereocenters. The molecule has 0 radical (unpaired) electrons. The molecule has 0 aliphatic carbocycles. The van der Waals surface area contributed by atoms with E-state index < -0.39 is 11.7 Å². The quantitative estimate of drug-likeness (QED) is 0.863. The first-order chi connectivity index (χ1) is 11.0. The third-order valence-corrected chi connectivity index (χ3v) is 3.76. The summed E-state index contributed by atoms with van der Waals surface area (Å²) in [6, 6.07) is 4.08. The van der Waals surface area contributed by atoms with Crippen LogP contribution in [0.4, 0.5) is 13.2 Å². The number of likely N-dealkylation sites (tertiary alicyclic amines) is 1. The molecule has 124 valence electrons. The summed E-state index contributed by atoms with van der Waals surface area (Å²) >= 11 is 0. The number of rotatable bonds is 4. The van der Waals surface area contributed by atoms with Crippen molar-refractivity contribution in [3.63, 3.8) is 0 Å². The average Bonchev–Trinajstić information content (AvgIpc) is 3.02. The average molecular weight is 327 g/mol. The van der Waals surface area contributed by atoms with Crippen molar-refractivity contribution in [2.24, 2.45) is 0 Å². The molecule has 0 bridgehead atoms. The molecule has 5 nitrogen and oxygen atoms in total. The molecule has 0 aromatic carbocycles. The van der Waals surface area contributed by atoms with Crippen LogP contribution in [0.1, 0.15) is 24.1 Å². The molecule has 3 heterocycles. The fourth-order valence-corrected chi connectivity index (χ4v) is 2.52. The summed E-state index contributed by atoms with van der Waals surface area (Å²) in [7, 11) is 0. The fourth-order valence-electron chi connectivity index (χ4n) is 2.52. The molecule has 1 aliphatic rings. The molecule has 0 saturated carbocycles. The Bertz CT molecular complexity index is 606. The van der Waals surface area contributed by atoms with Gasteiger partial charge in [0, 0.05) is 38.0 Å². The van der Waals surface area contributed by atoms with Crippen LogP contribution in [0, 0.1) is 0 Å². The van der Waals surface area contributed by atoms with E-state index in [2.05, 4.69) is 15.0 Å². The monoisotopic (exact) mass is 327 g/mol. The number of hydrogen-bond acceptors (Lipinski definition) is 5. The largest absolute Gasteiger partial charge is 0.474 e. The highest BCUT2D eigenvalue weighted by Crippen LogP contribution is 2.29. The van der Waals surface area contributed by atoms with Gasteiger partial charge in [-0.25, -0.2) is 4.98 Å². The van der Waals surface area contributed by atoms with Crippen molar-refractivity contribution in [3.05, 3.63) is 41.9 Å². The van der Waals surface area contributed by atoms with Gasteiger partial charge in [-0.15, -0.1) is 0 Å². The van der Waals surface area contributed by atoms with Gasteiger partial charge in [-0.05, 0) is 18.9 Å². The second-order valence-electron chi connectivity index (χ2n) is 5.47. The lowest BCUT2D eigenvalue weighted by molar-refractivity contribution is -0.137. The van der Waals surface area contributed by atoms with Crippen molar-refractivity contribution in [2.75, 3.05) is 13.1 Å². The van der Waals surface area contributed by atoms with Crippen LogP contribution in [0.15, 0.2) is 35.2 Å². The van der Waals surface area contributed by atoms with E-state index in [0.717, 1.165) is 50.4 Å². The summed E-state index contributed by atoms with van der Waals surface area (Å²) in [4.78, 5) is 5.97. The summed E-state index contributed by atoms with van der Waals surface area (Å²) in [6.45, 7) is 2.39. The van der Waals surface area contributed by atoms with Crippen LogP contribution < -0.4 is 4.74 Å². The van der Waals surface area contributed by atoms with E-state index in [9.17, 15) is 13.2 Å². The molecule has 23 heavy (non-hydrogen) atoms. The SMILES string of the molecule is FC(F)(F)c1ccc(OC2CCN(Cc3ccon3)CC2)nc1. The predicted octanol–water partition coefficient (Wildman–Crippen LogP) is 3.13. The number of ether oxygens (including phenoxy) is 1. The van der Waals surface area contributed by atoms with Gasteiger partial charge in [0.25, 0.3) is 0 Å². The molecule has 0 amide bonds. The Morgan fingerprint density at radius 1 is 1.22 bits per heavy atom. The van der Waals surface area contributed by atoms with Crippen molar-refractivity contribution >= 4 is 0 Å². The summed E-state index contributed by atoms with van der Waals surface area (Å²) in [5.41, 5.74) is 0.112. The summed E-state index contributed by atoms with van der Waals surface area (Å²) in [5.74, 6) is 0.230. The number of piperidine rings is 1. The molecule has 0 N–H and O–H groups in total. The minimum atomic E-state index is -4.38. The minimum absolute atomic E-state index is 0.0344. The molecule has 1 saturated heterocycles. The standard InChI is InChI=1S/C15H16F3N3O2/c16-15(17,18)11-1-2-14(19-9-11)23-13-3-6-21(7-4-13)10-12-5-8-22-20-12/h1-2,5,8-9,13H,3-4,6-7,10H2. The maximum atomic E-state index is 12.5. The highest BCUT2D eigenvalue weighted by Gasteiger charge is 2.31. The summed E-state index contributed by atoms with van der Waals surface area (Å²) in [6.07, 6.45) is -0.483. The molecule has 0 unspecified atom stereocenters. The van der Waals surface area contributed by atoms with E-state index in [0.29, 0.717) is 0 Å². The van der Waals surface area contributed by atoms with Gasteiger partial charge < -0.3 is 9.26 Å². The second kappa shape index (κ2) is 6.57. The molecule has 0 spiro atoms.